The van der Waals surface area contributed by atoms with E-state index in [9.17, 15) is 24.6 Å². The van der Waals surface area contributed by atoms with Gasteiger partial charge in [0.2, 0.25) is 0 Å². The number of aldehydes is 16. The van der Waals surface area contributed by atoms with Crippen LogP contribution in [0.5, 0.6) is 0 Å². The molecule has 10 unspecified atom stereocenters. The van der Waals surface area contributed by atoms with Crippen molar-refractivity contribution in [2.75, 3.05) is 206 Å². The molecule has 9 rings (SSSR count). The number of anilines is 4. The Bertz CT molecular complexity index is 3100. The van der Waals surface area contributed by atoms with E-state index < -0.39 is 86.5 Å². The highest BCUT2D eigenvalue weighted by atomic mass is 32.1. The van der Waals surface area contributed by atoms with E-state index in [0.717, 1.165) is 107 Å². The molecule has 0 spiro atoms. The highest BCUT2D eigenvalue weighted by Crippen LogP contribution is 2.15. The van der Waals surface area contributed by atoms with Crippen LogP contribution >= 0.6 is 36.7 Å². The maximum Gasteiger partial charge on any atom is 0.338 e. The van der Waals surface area contributed by atoms with Crippen molar-refractivity contribution in [2.24, 2.45) is 0 Å². The molecule has 10 atom stereocenters. The Balaban J connectivity index is -0.000000183. The van der Waals surface area contributed by atoms with Gasteiger partial charge in [0.15, 0.2) is 116 Å². The van der Waals surface area contributed by atoms with Crippen LogP contribution < -0.4 is 85.1 Å². The maximum absolute atomic E-state index is 12.4. The number of rotatable bonds is 16. The quantitative estimate of drug-likeness (QED) is 0.0322. The summed E-state index contributed by atoms with van der Waals surface area (Å²) >= 11 is 16.2. The van der Waals surface area contributed by atoms with Crippen molar-refractivity contribution in [3.05, 3.63) is 48.5 Å². The fraction of sp³-hybridized carbons (Fsp3) is 0.553. The average Bonchev–Trinajstić information content (AvgIpc) is 0.990. The third kappa shape index (κ3) is 104. The molecule has 6 amide bonds. The monoisotopic (exact) mass is 2160 g/mol. The largest absolute Gasteiger partial charge is 0.418 e. The van der Waals surface area contributed by atoms with Crippen LogP contribution in [-0.2, 0) is 138 Å². The summed E-state index contributed by atoms with van der Waals surface area (Å²) in [5, 5.41) is 70.1. The molecule has 62 heteroatoms. The van der Waals surface area contributed by atoms with Gasteiger partial charge in [-0.25, -0.2) is 14.4 Å². The van der Waals surface area contributed by atoms with Gasteiger partial charge in [0.25, 0.3) is 0 Å². The number of amides is 6. The Morgan fingerprint density at radius 1 is 0.275 bits per heavy atom. The highest BCUT2D eigenvalue weighted by molar-refractivity contribution is 7.81. The number of carbonyl (C=O) groups is 19. The molecule has 3 fully saturated rings. The minimum Gasteiger partial charge on any atom is -0.418 e. The van der Waals surface area contributed by atoms with Crippen LogP contribution in [-0.4, -0.2) is 416 Å². The van der Waals surface area contributed by atoms with Crippen molar-refractivity contribution in [2.45, 2.75) is 93.3 Å². The Kier molecular flexibility index (Phi) is 126. The molecule has 2 aromatic rings. The second kappa shape index (κ2) is 117. The Morgan fingerprint density at radius 2 is 0.478 bits per heavy atom. The smallest absolute Gasteiger partial charge is 0.338 e. The number of carbonyl (C=O) groups excluding carboxylic acids is 19. The van der Waals surface area contributed by atoms with Crippen LogP contribution in [0.3, 0.4) is 0 Å². The molecular formula is C76H148N16O35S3Si8. The summed E-state index contributed by atoms with van der Waals surface area (Å²) in [4.78, 5) is 176. The van der Waals surface area contributed by atoms with Gasteiger partial charge in [0, 0.05) is 131 Å². The molecule has 138 heavy (non-hydrogen) atoms. The lowest BCUT2D eigenvalue weighted by molar-refractivity contribution is -0.122. The van der Waals surface area contributed by atoms with Crippen molar-refractivity contribution in [1.29, 1.82) is 0 Å². The van der Waals surface area contributed by atoms with E-state index >= 15 is 0 Å². The van der Waals surface area contributed by atoms with Crippen LogP contribution in [0.25, 0.3) is 0 Å². The van der Waals surface area contributed by atoms with E-state index in [4.69, 9.17) is 175 Å². The molecule has 7 aliphatic rings. The second-order valence-electron chi connectivity index (χ2n) is 24.9. The zero-order chi connectivity index (χ0) is 102. The van der Waals surface area contributed by atoms with E-state index in [1.165, 1.54) is 12.8 Å². The molecule has 51 nitrogen and oxygen atoms in total. The molecule has 0 saturated carbocycles. The highest BCUT2D eigenvalue weighted by Gasteiger charge is 2.26. The zero-order valence-corrected chi connectivity index (χ0v) is 87.7. The molecule has 2 aromatic carbocycles. The lowest BCUT2D eigenvalue weighted by Gasteiger charge is -2.22. The second-order valence-corrected chi connectivity index (χ2v) is 44.3. The predicted octanol–water partition coefficient (Wildman–Crippen LogP) is -5.85. The Morgan fingerprint density at radius 3 is 0.732 bits per heavy atom. The summed E-state index contributed by atoms with van der Waals surface area (Å²) in [7, 11) is -2.71. The van der Waals surface area contributed by atoms with E-state index in [2.05, 4.69) is 85.1 Å². The molecule has 4 bridgehead atoms. The lowest BCUT2D eigenvalue weighted by Crippen LogP contribution is -2.49. The summed E-state index contributed by atoms with van der Waals surface area (Å²) in [6, 6.07) is 14.0. The molecule has 792 valence electrons. The van der Waals surface area contributed by atoms with Gasteiger partial charge in [0.05, 0.1) is 62.6 Å². The Labute approximate surface area is 837 Å². The van der Waals surface area contributed by atoms with Gasteiger partial charge >= 0.3 is 92.4 Å². The maximum atomic E-state index is 12.4. The van der Waals surface area contributed by atoms with Crippen LogP contribution in [0, 0.1) is 0 Å². The number of nitrogens with one attached hydrogen (secondary N) is 16. The number of urea groups is 3. The molecule has 7 heterocycles. The predicted molar refractivity (Wildman–Crippen MR) is 549 cm³/mol. The van der Waals surface area contributed by atoms with Crippen LogP contribution in [0.4, 0.5) is 37.1 Å². The third-order valence-electron chi connectivity index (χ3n) is 15.1. The third-order valence-corrected chi connectivity index (χ3v) is 34.1. The SMILES string of the molecule is C.C.C.C.CO[SiH]1CNC(=O)NCCCCNC(=O)NC[SiH](OC)O1.CO[SiH]1CNC(=O)Nc2ccc(cc2)NC(=S)NCCCCNC(=S)Nc2ccc(cc2)NC(=S)NC[SiH](OC)O1.CO[SiH]1CNCCCCNC[SiH](OC)O1.CO[SiH]1COCC(O)CNCCCCNCC(O)COC[SiH](OC)O1.O=CC=O.O=CC=O.O=CC=O.O=CC=O.O=CC=O.O=CC=O.O=CC=O.O=CC=O. The van der Waals surface area contributed by atoms with Gasteiger partial charge in [-0.15, -0.1) is 0 Å². The summed E-state index contributed by atoms with van der Waals surface area (Å²) in [5.74, 6) is 0. The zero-order valence-electron chi connectivity index (χ0n) is 76.0. The van der Waals surface area contributed by atoms with Crippen molar-refractivity contribution < 1.29 is 163 Å². The minimum absolute atomic E-state index is 0. The van der Waals surface area contributed by atoms with Crippen LogP contribution in [0.2, 0.25) is 0 Å². The summed E-state index contributed by atoms with van der Waals surface area (Å²) in [5.41, 5.74) is 3.13. The van der Waals surface area contributed by atoms with Gasteiger partial charge in [-0.1, -0.05) is 29.7 Å². The van der Waals surface area contributed by atoms with E-state index in [0.29, 0.717) is 78.2 Å². The fourth-order valence-corrected chi connectivity index (χ4v) is 25.9. The number of β-amino-alcohol motifs (C(OH)–C–C–N with tert-alkyl or cyclic N) is 2. The van der Waals surface area contributed by atoms with Crippen molar-refractivity contribution in [1.82, 2.24) is 63.8 Å². The van der Waals surface area contributed by atoms with Gasteiger partial charge in [-0.3, -0.25) is 76.7 Å². The average molecular weight is 2170 g/mol. The minimum atomic E-state index is -2.23. The lowest BCUT2D eigenvalue weighted by atomic mass is 10.3. The molecule has 0 aliphatic carbocycles. The van der Waals surface area contributed by atoms with Crippen LogP contribution in [0.1, 0.15) is 81.1 Å². The van der Waals surface area contributed by atoms with Crippen molar-refractivity contribution in [3.63, 3.8) is 0 Å². The number of benzene rings is 2. The van der Waals surface area contributed by atoms with E-state index in [-0.39, 0.29) is 168 Å². The first-order chi connectivity index (χ1) is 64.8. The number of hydrogen-bond donors (Lipinski definition) is 18. The van der Waals surface area contributed by atoms with Crippen molar-refractivity contribution in [3.8, 4) is 0 Å². The Hall–Kier alpha value is -9.02. The van der Waals surface area contributed by atoms with Crippen molar-refractivity contribution >= 4 is 268 Å². The standard InChI is InChI=1S/C24H36N8O4S3Si2.C14H34N2O7Si2.C10H24N4O5Si2.C8H22N2O3Si2.8C2H2O2.4CH4/c1-34-40-15-27-21(33)29-17-5-7-18(8-6-17)30-22(37)25-13-3-4-14-26-23(38)31-19-9-11-20(12-10-19)32-24(39)28-16-41(35-2)36-40;1-19-24-11-21-9-13(17)7-15-5-3-4-6-16-8-14(18)10-22-12-25(20-2)23-24;1-17-20-7-13-9(15)11-5-3-4-6-12-10(16)14-8-21(18-2)19-20;1-11-14-7-9-5-3-4-6-10-8-15(12-2)13-14;8*3-1-2-4;;;;/h5-12,40-41H,3-4,13-16H2,1-2H3,(H2,25,30,37)(H2,26,31,38)(H2,27,29,33)(H2,28,32,39);13-18,24-25H,3-12H2,1-2H3;20-21H,3-8H2,1-2H3,(H2,11,13,15)(H2,12,14,16);9-10,14-15H,3-8H2,1-2H3;8*1-2H;4*1H4. The number of thiocarbonyl (C=S) groups is 3. The first kappa shape index (κ1) is 149. The van der Waals surface area contributed by atoms with Crippen LogP contribution in [0.15, 0.2) is 48.5 Å². The number of aliphatic hydroxyl groups is 2. The van der Waals surface area contributed by atoms with E-state index in [1.54, 1.807) is 69.0 Å². The normalized spacial score (nSPS) is 20.5. The summed E-state index contributed by atoms with van der Waals surface area (Å²) in [6.07, 6.45) is 13.6. The van der Waals surface area contributed by atoms with Gasteiger partial charge in [-0.2, -0.15) is 0 Å². The summed E-state index contributed by atoms with van der Waals surface area (Å²) < 4.78 is 77.8. The first-order valence-corrected chi connectivity index (χ1v) is 55.9. The van der Waals surface area contributed by atoms with E-state index in [1.807, 2.05) is 36.4 Å². The molecule has 0 radical (unpaired) electrons. The summed E-state index contributed by atoms with van der Waals surface area (Å²) in [6.45, 7) is 7.84. The molecule has 3 saturated heterocycles. The molecular weight excluding hydrogens is 2020 g/mol. The van der Waals surface area contributed by atoms with Gasteiger partial charge in [0.1, 0.15) is 0 Å². The molecule has 18 N–H and O–H groups in total. The molecule has 0 aromatic heterocycles. The number of aliphatic hydroxyl groups excluding tert-OH is 2. The number of hydrogen-bond acceptors (Lipinski definition) is 42. The topological polar surface area (TPSA) is 686 Å². The number of ether oxygens (including phenoxy) is 2. The molecule has 7 aliphatic heterocycles. The van der Waals surface area contributed by atoms with Gasteiger partial charge in [-0.05, 0) is 163 Å². The van der Waals surface area contributed by atoms with Gasteiger partial charge < -0.3 is 157 Å². The first-order valence-electron chi connectivity index (χ1n) is 40.6. The fourth-order valence-electron chi connectivity index (χ4n) is 8.93.